The molecule has 94 valence electrons. The van der Waals surface area contributed by atoms with E-state index < -0.39 is 0 Å². The Labute approximate surface area is 102 Å². The van der Waals surface area contributed by atoms with E-state index >= 15 is 0 Å². The molecular formula is C12H20N4O. The van der Waals surface area contributed by atoms with E-state index in [0.717, 1.165) is 31.6 Å². The molecule has 1 atom stereocenters. The highest BCUT2D eigenvalue weighted by atomic mass is 16.1. The highest BCUT2D eigenvalue weighted by Crippen LogP contribution is 2.18. The van der Waals surface area contributed by atoms with Crippen LogP contribution in [0.15, 0.2) is 6.33 Å². The van der Waals surface area contributed by atoms with Gasteiger partial charge in [0, 0.05) is 24.9 Å². The molecule has 1 N–H and O–H groups in total. The van der Waals surface area contributed by atoms with Gasteiger partial charge in [-0.05, 0) is 26.7 Å². The summed E-state index contributed by atoms with van der Waals surface area (Å²) in [7, 11) is 0. The SMILES string of the molecule is CC(C)n1ncnc1CC1CCCCNC1=O. The van der Waals surface area contributed by atoms with E-state index in [2.05, 4.69) is 29.2 Å². The normalized spacial score (nSPS) is 21.4. The number of hydrogen-bond acceptors (Lipinski definition) is 3. The third-order valence-corrected chi connectivity index (χ3v) is 3.21. The first-order valence-corrected chi connectivity index (χ1v) is 6.34. The second kappa shape index (κ2) is 5.29. The lowest BCUT2D eigenvalue weighted by molar-refractivity contribution is -0.124. The van der Waals surface area contributed by atoms with Crippen molar-refractivity contribution in [1.82, 2.24) is 20.1 Å². The first-order valence-electron chi connectivity index (χ1n) is 6.34. The third kappa shape index (κ3) is 2.84. The molecule has 17 heavy (non-hydrogen) atoms. The summed E-state index contributed by atoms with van der Waals surface area (Å²) in [6.45, 7) is 4.96. The quantitative estimate of drug-likeness (QED) is 0.861. The van der Waals surface area contributed by atoms with Gasteiger partial charge in [0.25, 0.3) is 0 Å². The van der Waals surface area contributed by atoms with Crippen molar-refractivity contribution < 1.29 is 4.79 Å². The van der Waals surface area contributed by atoms with Gasteiger partial charge in [-0.15, -0.1) is 0 Å². The van der Waals surface area contributed by atoms with Gasteiger partial charge in [0.15, 0.2) is 0 Å². The van der Waals surface area contributed by atoms with Gasteiger partial charge in [0.05, 0.1) is 0 Å². The monoisotopic (exact) mass is 236 g/mol. The predicted molar refractivity (Wildman–Crippen MR) is 64.5 cm³/mol. The van der Waals surface area contributed by atoms with Crippen molar-refractivity contribution in [2.24, 2.45) is 5.92 Å². The van der Waals surface area contributed by atoms with E-state index in [-0.39, 0.29) is 11.8 Å². The average Bonchev–Trinajstić information content (AvgIpc) is 2.66. The van der Waals surface area contributed by atoms with Crippen LogP contribution in [-0.4, -0.2) is 27.2 Å². The minimum atomic E-state index is 0.0548. The number of carbonyl (C=O) groups is 1. The zero-order chi connectivity index (χ0) is 12.3. The van der Waals surface area contributed by atoms with E-state index in [1.54, 1.807) is 6.33 Å². The first kappa shape index (κ1) is 12.1. The second-order valence-electron chi connectivity index (χ2n) is 4.90. The summed E-state index contributed by atoms with van der Waals surface area (Å²) in [5, 5.41) is 7.16. The molecule has 0 bridgehead atoms. The van der Waals surface area contributed by atoms with E-state index in [1.165, 1.54) is 0 Å². The van der Waals surface area contributed by atoms with Gasteiger partial charge >= 0.3 is 0 Å². The van der Waals surface area contributed by atoms with Crippen LogP contribution in [0, 0.1) is 5.92 Å². The molecule has 1 aromatic heterocycles. The fourth-order valence-corrected chi connectivity index (χ4v) is 2.27. The zero-order valence-electron chi connectivity index (χ0n) is 10.5. The number of nitrogens with one attached hydrogen (secondary N) is 1. The van der Waals surface area contributed by atoms with E-state index in [4.69, 9.17) is 0 Å². The Morgan fingerprint density at radius 1 is 1.53 bits per heavy atom. The minimum absolute atomic E-state index is 0.0548. The summed E-state index contributed by atoms with van der Waals surface area (Å²) in [5.41, 5.74) is 0. The van der Waals surface area contributed by atoms with Crippen molar-refractivity contribution in [2.75, 3.05) is 6.54 Å². The van der Waals surface area contributed by atoms with Crippen LogP contribution in [0.3, 0.4) is 0 Å². The lowest BCUT2D eigenvalue weighted by atomic mass is 9.98. The molecule has 2 heterocycles. The van der Waals surface area contributed by atoms with Crippen molar-refractivity contribution >= 4 is 5.91 Å². The van der Waals surface area contributed by atoms with Gasteiger partial charge < -0.3 is 5.32 Å². The molecule has 1 saturated heterocycles. The maximum atomic E-state index is 11.9. The topological polar surface area (TPSA) is 59.8 Å². The molecule has 1 unspecified atom stereocenters. The largest absolute Gasteiger partial charge is 0.356 e. The van der Waals surface area contributed by atoms with E-state index in [1.807, 2.05) is 4.68 Å². The summed E-state index contributed by atoms with van der Waals surface area (Å²) < 4.78 is 1.90. The molecular weight excluding hydrogens is 216 g/mol. The fraction of sp³-hybridized carbons (Fsp3) is 0.750. The molecule has 1 fully saturated rings. The minimum Gasteiger partial charge on any atom is -0.356 e. The Morgan fingerprint density at radius 2 is 2.35 bits per heavy atom. The van der Waals surface area contributed by atoms with E-state index in [0.29, 0.717) is 12.5 Å². The van der Waals surface area contributed by atoms with Gasteiger partial charge in [-0.3, -0.25) is 4.79 Å². The average molecular weight is 236 g/mol. The van der Waals surface area contributed by atoms with Crippen LogP contribution >= 0.6 is 0 Å². The Hall–Kier alpha value is -1.39. The maximum Gasteiger partial charge on any atom is 0.223 e. The van der Waals surface area contributed by atoms with Gasteiger partial charge in [-0.25, -0.2) is 9.67 Å². The van der Waals surface area contributed by atoms with Crippen LogP contribution in [0.5, 0.6) is 0 Å². The first-order chi connectivity index (χ1) is 8.18. The number of rotatable bonds is 3. The highest BCUT2D eigenvalue weighted by Gasteiger charge is 2.23. The Balaban J connectivity index is 2.08. The third-order valence-electron chi connectivity index (χ3n) is 3.21. The molecule has 0 aromatic carbocycles. The standard InChI is InChI=1S/C12H20N4O/c1-9(2)16-11(14-8-15-16)7-10-5-3-4-6-13-12(10)17/h8-10H,3-7H2,1-2H3,(H,13,17). The summed E-state index contributed by atoms with van der Waals surface area (Å²) in [6.07, 6.45) is 5.42. The summed E-state index contributed by atoms with van der Waals surface area (Å²) in [4.78, 5) is 16.1. The molecule has 0 aliphatic carbocycles. The molecule has 2 rings (SSSR count). The molecule has 5 heteroatoms. The Morgan fingerprint density at radius 3 is 3.12 bits per heavy atom. The molecule has 1 aliphatic rings. The van der Waals surface area contributed by atoms with Crippen molar-refractivity contribution in [1.29, 1.82) is 0 Å². The maximum absolute atomic E-state index is 11.9. The van der Waals surface area contributed by atoms with Gasteiger partial charge in [0.2, 0.25) is 5.91 Å². The lowest BCUT2D eigenvalue weighted by Gasteiger charge is -2.14. The number of hydrogen-bond donors (Lipinski definition) is 1. The smallest absolute Gasteiger partial charge is 0.223 e. The Bertz CT molecular complexity index is 386. The molecule has 1 aromatic rings. The molecule has 0 radical (unpaired) electrons. The highest BCUT2D eigenvalue weighted by molar-refractivity contribution is 5.79. The summed E-state index contributed by atoms with van der Waals surface area (Å²) in [6, 6.07) is 0.293. The van der Waals surface area contributed by atoms with Gasteiger partial charge in [-0.1, -0.05) is 6.42 Å². The summed E-state index contributed by atoms with van der Waals surface area (Å²) >= 11 is 0. The van der Waals surface area contributed by atoms with Crippen LogP contribution in [-0.2, 0) is 11.2 Å². The van der Waals surface area contributed by atoms with Gasteiger partial charge in [0.1, 0.15) is 12.2 Å². The fourth-order valence-electron chi connectivity index (χ4n) is 2.27. The molecule has 5 nitrogen and oxygen atoms in total. The van der Waals surface area contributed by atoms with Crippen LogP contribution < -0.4 is 5.32 Å². The van der Waals surface area contributed by atoms with Gasteiger partial charge in [-0.2, -0.15) is 5.10 Å². The summed E-state index contributed by atoms with van der Waals surface area (Å²) in [5.74, 6) is 1.14. The molecule has 0 saturated carbocycles. The van der Waals surface area contributed by atoms with E-state index in [9.17, 15) is 4.79 Å². The van der Waals surface area contributed by atoms with Crippen LogP contribution in [0.1, 0.15) is 45.0 Å². The Kier molecular flexibility index (Phi) is 3.76. The van der Waals surface area contributed by atoms with Crippen molar-refractivity contribution in [3.05, 3.63) is 12.2 Å². The second-order valence-corrected chi connectivity index (χ2v) is 4.90. The van der Waals surface area contributed by atoms with Crippen molar-refractivity contribution in [2.45, 2.75) is 45.6 Å². The number of carbonyl (C=O) groups excluding carboxylic acids is 1. The molecule has 1 aliphatic heterocycles. The molecule has 1 amide bonds. The molecule has 0 spiro atoms. The predicted octanol–water partition coefficient (Wildman–Crippen LogP) is 1.32. The van der Waals surface area contributed by atoms with Crippen LogP contribution in [0.25, 0.3) is 0 Å². The van der Waals surface area contributed by atoms with Crippen LogP contribution in [0.2, 0.25) is 0 Å². The lowest BCUT2D eigenvalue weighted by Crippen LogP contribution is -2.30. The van der Waals surface area contributed by atoms with Crippen molar-refractivity contribution in [3.63, 3.8) is 0 Å². The number of amides is 1. The zero-order valence-corrected chi connectivity index (χ0v) is 10.5. The van der Waals surface area contributed by atoms with Crippen LogP contribution in [0.4, 0.5) is 0 Å². The number of aromatic nitrogens is 3. The number of nitrogens with zero attached hydrogens (tertiary/aromatic N) is 3. The van der Waals surface area contributed by atoms with Crippen molar-refractivity contribution in [3.8, 4) is 0 Å².